The van der Waals surface area contributed by atoms with Gasteiger partial charge in [0.15, 0.2) is 0 Å². The van der Waals surface area contributed by atoms with Crippen LogP contribution in [0.3, 0.4) is 0 Å². The molecule has 0 radical (unpaired) electrons. The largest absolute Gasteiger partial charge is 0.489 e. The zero-order chi connectivity index (χ0) is 19.4. The lowest BCUT2D eigenvalue weighted by Gasteiger charge is -2.36. The molecule has 2 aromatic rings. The molecule has 0 aromatic heterocycles. The van der Waals surface area contributed by atoms with Gasteiger partial charge in [-0.2, -0.15) is 0 Å². The van der Waals surface area contributed by atoms with Crippen LogP contribution < -0.4 is 4.74 Å². The second-order valence-corrected chi connectivity index (χ2v) is 9.49. The van der Waals surface area contributed by atoms with Crippen LogP contribution in [0.5, 0.6) is 5.75 Å². The van der Waals surface area contributed by atoms with E-state index in [1.807, 2.05) is 6.08 Å². The van der Waals surface area contributed by atoms with E-state index in [0.717, 1.165) is 11.3 Å². The molecule has 0 amide bonds. The van der Waals surface area contributed by atoms with Gasteiger partial charge in [0.1, 0.15) is 12.4 Å². The zero-order valence-electron chi connectivity index (χ0n) is 17.3. The second-order valence-electron chi connectivity index (χ2n) is 9.49. The monoisotopic (exact) mass is 350 g/mol. The van der Waals surface area contributed by atoms with E-state index >= 15 is 0 Å². The van der Waals surface area contributed by atoms with E-state index in [-0.39, 0.29) is 5.41 Å². The molecule has 0 saturated carbocycles. The summed E-state index contributed by atoms with van der Waals surface area (Å²) in [6.07, 6.45) is 3.03. The van der Waals surface area contributed by atoms with E-state index in [2.05, 4.69) is 96.7 Å². The standard InChI is InChI=1S/C25H34O/c1-8-19-9-11-20(12-10-19)18-26-22-15-13-21(14-16-22)23(25(5,6)7)17-24(2,3)4/h8-16,23H,1,17-18H2,2-7H3. The molecule has 0 fully saturated rings. The van der Waals surface area contributed by atoms with Gasteiger partial charge in [0.2, 0.25) is 0 Å². The van der Waals surface area contributed by atoms with E-state index in [9.17, 15) is 0 Å². The van der Waals surface area contributed by atoms with Crippen LogP contribution in [0, 0.1) is 10.8 Å². The first-order valence-corrected chi connectivity index (χ1v) is 9.53. The van der Waals surface area contributed by atoms with Gasteiger partial charge in [-0.3, -0.25) is 0 Å². The fourth-order valence-corrected chi connectivity index (χ4v) is 3.25. The van der Waals surface area contributed by atoms with E-state index in [4.69, 9.17) is 4.74 Å². The third-order valence-electron chi connectivity index (χ3n) is 4.77. The molecule has 1 heteroatoms. The number of ether oxygens (including phenoxy) is 1. The van der Waals surface area contributed by atoms with E-state index in [1.165, 1.54) is 17.5 Å². The first-order valence-electron chi connectivity index (χ1n) is 9.53. The molecule has 0 N–H and O–H groups in total. The van der Waals surface area contributed by atoms with Crippen molar-refractivity contribution in [2.24, 2.45) is 10.8 Å². The lowest BCUT2D eigenvalue weighted by atomic mass is 9.69. The van der Waals surface area contributed by atoms with Gasteiger partial charge >= 0.3 is 0 Å². The minimum atomic E-state index is 0.239. The maximum atomic E-state index is 5.96. The van der Waals surface area contributed by atoms with Gasteiger partial charge < -0.3 is 4.74 Å². The SMILES string of the molecule is C=Cc1ccc(COc2ccc(C(CC(C)(C)C)C(C)(C)C)cc2)cc1. The predicted molar refractivity (Wildman–Crippen MR) is 114 cm³/mol. The van der Waals surface area contributed by atoms with Gasteiger partial charge in [0.25, 0.3) is 0 Å². The Hall–Kier alpha value is -2.02. The van der Waals surface area contributed by atoms with Gasteiger partial charge in [0, 0.05) is 0 Å². The van der Waals surface area contributed by atoms with E-state index in [0.29, 0.717) is 17.9 Å². The Balaban J connectivity index is 2.06. The molecule has 0 aliphatic rings. The first kappa shape index (κ1) is 20.3. The van der Waals surface area contributed by atoms with Crippen LogP contribution in [-0.2, 0) is 6.61 Å². The van der Waals surface area contributed by atoms with Crippen molar-refractivity contribution in [1.29, 1.82) is 0 Å². The molecule has 26 heavy (non-hydrogen) atoms. The molecule has 2 aromatic carbocycles. The Kier molecular flexibility index (Phi) is 6.34. The molecule has 0 saturated heterocycles. The minimum absolute atomic E-state index is 0.239. The summed E-state index contributed by atoms with van der Waals surface area (Å²) < 4.78 is 5.96. The molecule has 1 nitrogen and oxygen atoms in total. The lowest BCUT2D eigenvalue weighted by Crippen LogP contribution is -2.23. The smallest absolute Gasteiger partial charge is 0.119 e. The van der Waals surface area contributed by atoms with Crippen LogP contribution in [0.4, 0.5) is 0 Å². The van der Waals surface area contributed by atoms with Crippen molar-refractivity contribution in [1.82, 2.24) is 0 Å². The second kappa shape index (κ2) is 8.12. The summed E-state index contributed by atoms with van der Waals surface area (Å²) in [4.78, 5) is 0. The molecule has 0 aliphatic carbocycles. The molecule has 0 bridgehead atoms. The highest BCUT2D eigenvalue weighted by molar-refractivity contribution is 5.47. The van der Waals surface area contributed by atoms with Gasteiger partial charge in [0.05, 0.1) is 0 Å². The van der Waals surface area contributed by atoms with Crippen molar-refractivity contribution < 1.29 is 4.74 Å². The van der Waals surface area contributed by atoms with E-state index < -0.39 is 0 Å². The highest BCUT2D eigenvalue weighted by Gasteiger charge is 2.30. The highest BCUT2D eigenvalue weighted by Crippen LogP contribution is 2.43. The van der Waals surface area contributed by atoms with Crippen LogP contribution in [0.15, 0.2) is 55.1 Å². The molecular weight excluding hydrogens is 316 g/mol. The fourth-order valence-electron chi connectivity index (χ4n) is 3.25. The highest BCUT2D eigenvalue weighted by atomic mass is 16.5. The Morgan fingerprint density at radius 3 is 1.92 bits per heavy atom. The van der Waals surface area contributed by atoms with E-state index in [1.54, 1.807) is 0 Å². The topological polar surface area (TPSA) is 9.23 Å². The molecule has 1 atom stereocenters. The molecule has 2 rings (SSSR count). The number of benzene rings is 2. The maximum absolute atomic E-state index is 5.96. The summed E-state index contributed by atoms with van der Waals surface area (Å²) in [7, 11) is 0. The summed E-state index contributed by atoms with van der Waals surface area (Å²) in [5, 5.41) is 0. The predicted octanol–water partition coefficient (Wildman–Crippen LogP) is 7.47. The Labute approximate surface area is 160 Å². The van der Waals surface area contributed by atoms with Crippen molar-refractivity contribution in [2.45, 2.75) is 60.5 Å². The molecule has 0 heterocycles. The molecule has 140 valence electrons. The van der Waals surface area contributed by atoms with Crippen molar-refractivity contribution >= 4 is 6.08 Å². The van der Waals surface area contributed by atoms with Crippen molar-refractivity contribution in [3.63, 3.8) is 0 Å². The Bertz CT molecular complexity index is 694. The minimum Gasteiger partial charge on any atom is -0.489 e. The average molecular weight is 351 g/mol. The fraction of sp³-hybridized carbons (Fsp3) is 0.440. The summed E-state index contributed by atoms with van der Waals surface area (Å²) in [6.45, 7) is 18.3. The first-order chi connectivity index (χ1) is 12.1. The van der Waals surface area contributed by atoms with Crippen molar-refractivity contribution in [2.75, 3.05) is 0 Å². The average Bonchev–Trinajstić information content (AvgIpc) is 2.57. The molecule has 0 spiro atoms. The van der Waals surface area contributed by atoms with Crippen LogP contribution in [0.2, 0.25) is 0 Å². The lowest BCUT2D eigenvalue weighted by molar-refractivity contribution is 0.229. The van der Waals surface area contributed by atoms with Gasteiger partial charge in [-0.05, 0) is 52.0 Å². The quantitative estimate of drug-likeness (QED) is 0.525. The van der Waals surface area contributed by atoms with Gasteiger partial charge in [-0.15, -0.1) is 0 Å². The third kappa shape index (κ3) is 6.05. The van der Waals surface area contributed by atoms with Gasteiger partial charge in [-0.25, -0.2) is 0 Å². The number of hydrogen-bond donors (Lipinski definition) is 0. The van der Waals surface area contributed by atoms with Crippen LogP contribution in [-0.4, -0.2) is 0 Å². The third-order valence-corrected chi connectivity index (χ3v) is 4.77. The zero-order valence-corrected chi connectivity index (χ0v) is 17.3. The summed E-state index contributed by atoms with van der Waals surface area (Å²) in [5.41, 5.74) is 4.24. The van der Waals surface area contributed by atoms with Crippen molar-refractivity contribution in [3.05, 3.63) is 71.8 Å². The van der Waals surface area contributed by atoms with Crippen LogP contribution >= 0.6 is 0 Å². The van der Waals surface area contributed by atoms with Gasteiger partial charge in [-0.1, -0.05) is 90.6 Å². The summed E-state index contributed by atoms with van der Waals surface area (Å²) >= 11 is 0. The van der Waals surface area contributed by atoms with Crippen LogP contribution in [0.25, 0.3) is 6.08 Å². The summed E-state index contributed by atoms with van der Waals surface area (Å²) in [5.74, 6) is 1.45. The Morgan fingerprint density at radius 1 is 0.885 bits per heavy atom. The maximum Gasteiger partial charge on any atom is 0.119 e. The summed E-state index contributed by atoms with van der Waals surface area (Å²) in [6, 6.07) is 17.0. The van der Waals surface area contributed by atoms with Crippen molar-refractivity contribution in [3.8, 4) is 5.75 Å². The number of rotatable bonds is 6. The molecule has 1 unspecified atom stereocenters. The number of hydrogen-bond acceptors (Lipinski definition) is 1. The molecular formula is C25H34O. The normalized spacial score (nSPS) is 13.3. The molecule has 0 aliphatic heterocycles. The Morgan fingerprint density at radius 2 is 1.46 bits per heavy atom. The van der Waals surface area contributed by atoms with Crippen LogP contribution in [0.1, 0.15) is 70.6 Å².